The number of halogens is 5. The van der Waals surface area contributed by atoms with E-state index < -0.39 is 103 Å². The monoisotopic (exact) mass is 464 g/mol. The number of aromatic hydroxyl groups is 1. The van der Waals surface area contributed by atoms with Crippen molar-refractivity contribution in [3.8, 4) is 5.88 Å². The van der Waals surface area contributed by atoms with E-state index in [1.54, 1.807) is 0 Å². The van der Waals surface area contributed by atoms with Crippen LogP contribution in [0.25, 0.3) is 0 Å². The molecule has 0 spiro atoms. The van der Waals surface area contributed by atoms with Gasteiger partial charge in [-0.3, -0.25) is 4.79 Å². The summed E-state index contributed by atoms with van der Waals surface area (Å²) in [4.78, 5) is 12.5. The topological polar surface area (TPSA) is 62.2 Å². The van der Waals surface area contributed by atoms with Gasteiger partial charge < -0.3 is 10.4 Å². The summed E-state index contributed by atoms with van der Waals surface area (Å²) in [5.74, 6) is -1.70. The Morgan fingerprint density at radius 2 is 1.35 bits per heavy atom. The highest BCUT2D eigenvalue weighted by atomic mass is 32.2. The Morgan fingerprint density at radius 3 is 1.77 bits per heavy atom. The number of nitrogens with one attached hydrogen (secondary N) is 1. The summed E-state index contributed by atoms with van der Waals surface area (Å²) in [6, 6.07) is 2.49. The summed E-state index contributed by atoms with van der Waals surface area (Å²) < 4.78 is 66.4. The molecule has 0 saturated heterocycles. The van der Waals surface area contributed by atoms with Gasteiger partial charge in [-0.05, 0) is 12.1 Å². The van der Waals surface area contributed by atoms with E-state index in [-0.39, 0.29) is 5.56 Å². The second kappa shape index (κ2) is 9.82. The van der Waals surface area contributed by atoms with Crippen LogP contribution in [0.2, 0.25) is 0 Å². The number of nitrogens with zero attached hydrogens (tertiary/aromatic N) is 1. The van der Waals surface area contributed by atoms with E-state index in [0.29, 0.717) is 0 Å². The van der Waals surface area contributed by atoms with Crippen LogP contribution >= 0.6 is 60.7 Å². The molecule has 4 nitrogen and oxygen atoms in total. The van der Waals surface area contributed by atoms with E-state index in [4.69, 9.17) is 0 Å². The van der Waals surface area contributed by atoms with Crippen LogP contribution in [0.3, 0.4) is 0 Å². The largest absolute Gasteiger partial charge is 0.493 e. The van der Waals surface area contributed by atoms with E-state index in [1.807, 2.05) is 0 Å². The highest BCUT2D eigenvalue weighted by Gasteiger charge is 2.29. The lowest BCUT2D eigenvalue weighted by atomic mass is 10.2. The Kier molecular flexibility index (Phi) is 8.06. The Labute approximate surface area is 165 Å². The Hall–Kier alpha value is -0.960. The van der Waals surface area contributed by atoms with E-state index in [9.17, 15) is 29.3 Å². The molecule has 2 N–H and O–H groups in total. The average molecular weight is 465 g/mol. The molecule has 14 heteroatoms. The second-order valence-electron chi connectivity index (χ2n) is 4.24. The van der Waals surface area contributed by atoms with Gasteiger partial charge in [0.1, 0.15) is 5.56 Å². The summed E-state index contributed by atoms with van der Waals surface area (Å²) in [6.45, 7) is 0. The quantitative estimate of drug-likeness (QED) is 0.428. The van der Waals surface area contributed by atoms with Gasteiger partial charge in [0.15, 0.2) is 0 Å². The highest BCUT2D eigenvalue weighted by molar-refractivity contribution is 8.00. The first-order valence-electron chi connectivity index (χ1n) is 6.16. The maximum absolute atomic E-state index is 13.4. The normalized spacial score (nSPS) is 10.8. The SMILES string of the molecule is O=C(Nc1c(SF)c(SF)c(SF)c(SF)c1SF)c1cccnc1O. The fourth-order valence-electron chi connectivity index (χ4n) is 1.87. The second-order valence-corrected chi connectivity index (χ2v) is 7.05. The fourth-order valence-corrected chi connectivity index (χ4v) is 4.72. The number of hydrogen-bond acceptors (Lipinski definition) is 8. The number of pyridine rings is 1. The molecule has 2 aromatic rings. The van der Waals surface area contributed by atoms with Crippen molar-refractivity contribution in [2.75, 3.05) is 5.32 Å². The fraction of sp³-hybridized carbons (Fsp3) is 0. The van der Waals surface area contributed by atoms with Gasteiger partial charge in [0.2, 0.25) is 5.88 Å². The number of carbonyl (C=O) groups excluding carboxylic acids is 1. The molecule has 1 aromatic carbocycles. The van der Waals surface area contributed by atoms with Crippen LogP contribution in [0.15, 0.2) is 42.8 Å². The maximum Gasteiger partial charge on any atom is 0.261 e. The molecule has 140 valence electrons. The molecule has 0 aliphatic heterocycles. The molecule has 0 atom stereocenters. The Bertz CT molecular complexity index is 796. The van der Waals surface area contributed by atoms with Crippen LogP contribution in [0.1, 0.15) is 10.4 Å². The van der Waals surface area contributed by atoms with Crippen LogP contribution < -0.4 is 5.32 Å². The predicted octanol–water partition coefficient (Wildman–Crippen LogP) is 6.92. The number of rotatable bonds is 7. The smallest absolute Gasteiger partial charge is 0.261 e. The van der Waals surface area contributed by atoms with Gasteiger partial charge in [0.25, 0.3) is 5.91 Å². The van der Waals surface area contributed by atoms with Gasteiger partial charge >= 0.3 is 0 Å². The maximum atomic E-state index is 13.4. The zero-order valence-electron chi connectivity index (χ0n) is 12.0. The lowest BCUT2D eigenvalue weighted by molar-refractivity contribution is 0.102. The van der Waals surface area contributed by atoms with Gasteiger partial charge in [0, 0.05) is 6.20 Å². The van der Waals surface area contributed by atoms with Crippen molar-refractivity contribution < 1.29 is 29.3 Å². The summed E-state index contributed by atoms with van der Waals surface area (Å²) >= 11 is -2.92. The number of anilines is 1. The molecular formula is C12H5F5N2O2S5. The molecule has 1 heterocycles. The minimum atomic E-state index is -1.04. The zero-order valence-corrected chi connectivity index (χ0v) is 16.0. The molecule has 0 saturated carbocycles. The Morgan fingerprint density at radius 1 is 0.885 bits per heavy atom. The lowest BCUT2D eigenvalue weighted by Gasteiger charge is -2.18. The standard InChI is InChI=1S/C12H5F5N2O2S5/c13-22-6-5(19-12(21)4-2-1-3-18-11(4)20)7(23-14)9(25-16)10(26-17)8(6)24-15/h1-3H,(H,18,20)(H,19,21). The minimum absolute atomic E-state index is 0.343. The molecule has 0 radical (unpaired) electrons. The molecule has 0 aliphatic carbocycles. The van der Waals surface area contributed by atoms with Crippen molar-refractivity contribution in [2.45, 2.75) is 24.5 Å². The average Bonchev–Trinajstić information content (AvgIpc) is 2.66. The summed E-state index contributed by atoms with van der Waals surface area (Å²) in [6.07, 6.45) is 1.20. The van der Waals surface area contributed by atoms with Crippen molar-refractivity contribution in [2.24, 2.45) is 0 Å². The summed E-state index contributed by atoms with van der Waals surface area (Å²) in [5, 5.41) is 11.7. The first kappa shape index (κ1) is 21.3. The molecular weight excluding hydrogens is 459 g/mol. The number of hydrogen-bond donors (Lipinski definition) is 2. The van der Waals surface area contributed by atoms with Crippen molar-refractivity contribution in [1.82, 2.24) is 4.98 Å². The number of aromatic nitrogens is 1. The molecule has 1 aromatic heterocycles. The third-order valence-electron chi connectivity index (χ3n) is 2.93. The zero-order chi connectivity index (χ0) is 19.3. The third-order valence-corrected chi connectivity index (χ3v) is 6.26. The molecule has 0 unspecified atom stereocenters. The first-order valence-corrected chi connectivity index (χ1v) is 9.74. The van der Waals surface area contributed by atoms with Crippen molar-refractivity contribution >= 4 is 72.3 Å². The van der Waals surface area contributed by atoms with Gasteiger partial charge in [-0.15, -0.1) is 0 Å². The van der Waals surface area contributed by atoms with E-state index in [2.05, 4.69) is 10.3 Å². The van der Waals surface area contributed by atoms with Gasteiger partial charge in [0.05, 0.1) is 90.9 Å². The van der Waals surface area contributed by atoms with Crippen molar-refractivity contribution in [3.05, 3.63) is 23.9 Å². The summed E-state index contributed by atoms with van der Waals surface area (Å²) in [5.41, 5.74) is -0.943. The van der Waals surface area contributed by atoms with Crippen molar-refractivity contribution in [3.63, 3.8) is 0 Å². The number of amides is 1. The van der Waals surface area contributed by atoms with E-state index in [0.717, 1.165) is 0 Å². The van der Waals surface area contributed by atoms with Crippen LogP contribution in [0, 0.1) is 0 Å². The predicted molar refractivity (Wildman–Crippen MR) is 95.1 cm³/mol. The molecule has 0 fully saturated rings. The van der Waals surface area contributed by atoms with Crippen molar-refractivity contribution in [1.29, 1.82) is 0 Å². The van der Waals surface area contributed by atoms with Crippen LogP contribution in [-0.2, 0) is 0 Å². The third kappa shape index (κ3) is 4.13. The Balaban J connectivity index is 2.66. The number of benzene rings is 1. The van der Waals surface area contributed by atoms with Crippen LogP contribution in [-0.4, -0.2) is 16.0 Å². The van der Waals surface area contributed by atoms with Gasteiger partial charge in [-0.2, -0.15) is 19.4 Å². The van der Waals surface area contributed by atoms with Crippen LogP contribution in [0.4, 0.5) is 25.1 Å². The molecule has 0 bridgehead atoms. The molecule has 26 heavy (non-hydrogen) atoms. The van der Waals surface area contributed by atoms with Gasteiger partial charge in [-0.25, -0.2) is 4.98 Å². The molecule has 1 amide bonds. The van der Waals surface area contributed by atoms with Crippen LogP contribution in [0.5, 0.6) is 5.88 Å². The highest BCUT2D eigenvalue weighted by Crippen LogP contribution is 2.54. The lowest BCUT2D eigenvalue weighted by Crippen LogP contribution is -2.14. The number of carbonyl (C=O) groups is 1. The first-order chi connectivity index (χ1) is 12.5. The minimum Gasteiger partial charge on any atom is -0.493 e. The molecule has 2 rings (SSSR count). The van der Waals surface area contributed by atoms with Gasteiger partial charge in [-0.1, -0.05) is 0 Å². The van der Waals surface area contributed by atoms with E-state index in [1.165, 1.54) is 18.3 Å². The molecule has 0 aliphatic rings. The van der Waals surface area contributed by atoms with E-state index >= 15 is 0 Å². The summed E-state index contributed by atoms with van der Waals surface area (Å²) in [7, 11) is 0.